The van der Waals surface area contributed by atoms with Crippen molar-refractivity contribution in [3.8, 4) is 0 Å². The zero-order valence-electron chi connectivity index (χ0n) is 22.1. The second-order valence-corrected chi connectivity index (χ2v) is 10.9. The van der Waals surface area contributed by atoms with E-state index < -0.39 is 0 Å². The van der Waals surface area contributed by atoms with Gasteiger partial charge in [-0.05, 0) is 61.3 Å². The average molecular weight is 525 g/mol. The van der Waals surface area contributed by atoms with Crippen molar-refractivity contribution in [3.63, 3.8) is 0 Å². The van der Waals surface area contributed by atoms with Crippen LogP contribution in [0.1, 0.15) is 42.7 Å². The number of aromatic nitrogens is 2. The molecule has 1 fully saturated rings. The maximum atomic E-state index is 13.4. The molecule has 3 aliphatic carbocycles. The summed E-state index contributed by atoms with van der Waals surface area (Å²) in [7, 11) is 3.97. The maximum absolute atomic E-state index is 13.4. The number of nitrogens with zero attached hydrogens (tertiary/aromatic N) is 4. The molecule has 0 aliphatic heterocycles. The van der Waals surface area contributed by atoms with E-state index in [0.29, 0.717) is 12.4 Å². The normalized spacial score (nSPS) is 23.5. The number of amides is 1. The molecule has 0 radical (unpaired) electrons. The molecule has 3 aromatic rings. The monoisotopic (exact) mass is 524 g/mol. The van der Waals surface area contributed by atoms with Gasteiger partial charge in [-0.15, -0.1) is 0 Å². The second kappa shape index (κ2) is 10.1. The topological polar surface area (TPSA) is 113 Å². The van der Waals surface area contributed by atoms with Crippen LogP contribution < -0.4 is 15.5 Å². The number of fused-ring (bicyclic) bond motifs is 4. The van der Waals surface area contributed by atoms with Crippen molar-refractivity contribution in [2.24, 2.45) is 5.92 Å². The number of benzene rings is 2. The molecule has 39 heavy (non-hydrogen) atoms. The summed E-state index contributed by atoms with van der Waals surface area (Å²) in [6, 6.07) is 13.4. The number of nitro benzene ring substituents is 1. The number of para-hydroxylation sites is 1. The van der Waals surface area contributed by atoms with Gasteiger partial charge in [0.25, 0.3) is 5.69 Å². The first kappa shape index (κ1) is 25.0. The number of rotatable bonds is 6. The molecule has 1 amide bonds. The largest absolute Gasteiger partial charge is 0.362 e. The molecule has 2 N–H and O–H groups in total. The molecular formula is C30H32N6O3. The van der Waals surface area contributed by atoms with Crippen LogP contribution >= 0.6 is 0 Å². The summed E-state index contributed by atoms with van der Waals surface area (Å²) in [6.07, 6.45) is 10.2. The summed E-state index contributed by atoms with van der Waals surface area (Å²) in [5.41, 5.74) is 3.75. The van der Waals surface area contributed by atoms with Crippen LogP contribution in [0, 0.1) is 16.0 Å². The molecule has 200 valence electrons. The molecule has 1 saturated carbocycles. The number of nitro groups is 1. The highest BCUT2D eigenvalue weighted by Gasteiger charge is 2.38. The van der Waals surface area contributed by atoms with Crippen molar-refractivity contribution in [1.29, 1.82) is 0 Å². The third-order valence-corrected chi connectivity index (χ3v) is 8.19. The van der Waals surface area contributed by atoms with Crippen molar-refractivity contribution >= 4 is 34.3 Å². The SMILES string of the molecule is CN(C)c1nc(N[C@H]2CC[C@@H](NC(=O)C3=CC=CC4Cc5cc([N+](=O)[O-])ccc5C34)CC2)nc2ccccc12. The van der Waals surface area contributed by atoms with Gasteiger partial charge in [-0.2, -0.15) is 4.98 Å². The lowest BCUT2D eigenvalue weighted by Gasteiger charge is -2.31. The first-order valence-corrected chi connectivity index (χ1v) is 13.5. The molecule has 0 bridgehead atoms. The molecular weight excluding hydrogens is 492 g/mol. The van der Waals surface area contributed by atoms with Crippen molar-refractivity contribution in [2.75, 3.05) is 24.3 Å². The Bertz CT molecular complexity index is 1510. The molecule has 9 heteroatoms. The first-order valence-electron chi connectivity index (χ1n) is 13.5. The van der Waals surface area contributed by atoms with E-state index in [1.165, 1.54) is 0 Å². The van der Waals surface area contributed by atoms with E-state index in [2.05, 4.69) is 16.7 Å². The van der Waals surface area contributed by atoms with E-state index in [1.54, 1.807) is 12.1 Å². The Balaban J connectivity index is 1.09. The Hall–Kier alpha value is -4.27. The predicted octanol–water partition coefficient (Wildman–Crippen LogP) is 4.90. The molecule has 3 aliphatic rings. The molecule has 0 saturated heterocycles. The molecule has 1 heterocycles. The van der Waals surface area contributed by atoms with Crippen molar-refractivity contribution in [2.45, 2.75) is 50.1 Å². The van der Waals surface area contributed by atoms with Crippen LogP contribution in [0.4, 0.5) is 17.5 Å². The Labute approximate surface area is 227 Å². The lowest BCUT2D eigenvalue weighted by molar-refractivity contribution is -0.384. The van der Waals surface area contributed by atoms with Gasteiger partial charge in [0.05, 0.1) is 10.4 Å². The number of anilines is 2. The van der Waals surface area contributed by atoms with Gasteiger partial charge in [-0.1, -0.05) is 36.4 Å². The Morgan fingerprint density at radius 3 is 2.59 bits per heavy atom. The van der Waals surface area contributed by atoms with Crippen molar-refractivity contribution in [3.05, 3.63) is 87.5 Å². The molecule has 2 unspecified atom stereocenters. The number of hydrogen-bond acceptors (Lipinski definition) is 7. The number of non-ortho nitro benzene ring substituents is 1. The fourth-order valence-corrected chi connectivity index (χ4v) is 6.29. The summed E-state index contributed by atoms with van der Waals surface area (Å²) in [5.74, 6) is 1.59. The van der Waals surface area contributed by atoms with Gasteiger partial charge in [0.2, 0.25) is 11.9 Å². The Kier molecular flexibility index (Phi) is 6.50. The lowest BCUT2D eigenvalue weighted by atomic mass is 9.81. The van der Waals surface area contributed by atoms with Gasteiger partial charge in [0, 0.05) is 55.2 Å². The van der Waals surface area contributed by atoms with Crippen LogP contribution in [0.5, 0.6) is 0 Å². The van der Waals surface area contributed by atoms with Gasteiger partial charge >= 0.3 is 0 Å². The smallest absolute Gasteiger partial charge is 0.269 e. The highest BCUT2D eigenvalue weighted by Crippen LogP contribution is 2.46. The summed E-state index contributed by atoms with van der Waals surface area (Å²) in [5, 5.41) is 19.1. The third-order valence-electron chi connectivity index (χ3n) is 8.19. The fourth-order valence-electron chi connectivity index (χ4n) is 6.29. The fraction of sp³-hybridized carbons (Fsp3) is 0.367. The van der Waals surface area contributed by atoms with E-state index in [-0.39, 0.29) is 40.4 Å². The lowest BCUT2D eigenvalue weighted by Crippen LogP contribution is -2.42. The van der Waals surface area contributed by atoms with Crippen LogP contribution in [-0.4, -0.2) is 47.0 Å². The standard InChI is InChI=1S/C30H32N6O3/c1-35(2)28-24-7-3-4-9-26(24)33-30(34-28)32-21-12-10-20(11-13-21)31-29(37)25-8-5-6-18-16-19-17-22(36(38)39)14-15-23(19)27(18)25/h3-9,14-15,17-18,20-21,27H,10-13,16H2,1-2H3,(H,31,37)(H,32,33,34)/t18?,20-,21+,27?. The first-order chi connectivity index (χ1) is 18.9. The van der Waals surface area contributed by atoms with Crippen LogP contribution in [0.15, 0.2) is 66.3 Å². The second-order valence-electron chi connectivity index (χ2n) is 10.9. The van der Waals surface area contributed by atoms with E-state index in [1.807, 2.05) is 61.5 Å². The predicted molar refractivity (Wildman–Crippen MR) is 152 cm³/mol. The number of carbonyl (C=O) groups is 1. The summed E-state index contributed by atoms with van der Waals surface area (Å²) in [4.78, 5) is 35.8. The summed E-state index contributed by atoms with van der Waals surface area (Å²) in [6.45, 7) is 0. The Morgan fingerprint density at radius 2 is 1.82 bits per heavy atom. The number of allylic oxidation sites excluding steroid dienone is 3. The molecule has 0 spiro atoms. The summed E-state index contributed by atoms with van der Waals surface area (Å²) < 4.78 is 0. The van der Waals surface area contributed by atoms with Crippen LogP contribution in [0.2, 0.25) is 0 Å². The molecule has 9 nitrogen and oxygen atoms in total. The van der Waals surface area contributed by atoms with Crippen LogP contribution in [0.3, 0.4) is 0 Å². The van der Waals surface area contributed by atoms with Gasteiger partial charge in [0.15, 0.2) is 0 Å². The summed E-state index contributed by atoms with van der Waals surface area (Å²) >= 11 is 0. The number of hydrogen-bond donors (Lipinski definition) is 2. The number of carbonyl (C=O) groups excluding carboxylic acids is 1. The van der Waals surface area contributed by atoms with Gasteiger partial charge in [0.1, 0.15) is 5.82 Å². The quantitative estimate of drug-likeness (QED) is 0.348. The van der Waals surface area contributed by atoms with Gasteiger partial charge in [-0.25, -0.2) is 4.98 Å². The van der Waals surface area contributed by atoms with E-state index >= 15 is 0 Å². The van der Waals surface area contributed by atoms with E-state index in [9.17, 15) is 14.9 Å². The third kappa shape index (κ3) is 4.84. The van der Waals surface area contributed by atoms with E-state index in [0.717, 1.165) is 59.1 Å². The minimum Gasteiger partial charge on any atom is -0.362 e. The van der Waals surface area contributed by atoms with Gasteiger partial charge < -0.3 is 15.5 Å². The maximum Gasteiger partial charge on any atom is 0.269 e. The van der Waals surface area contributed by atoms with E-state index in [4.69, 9.17) is 9.97 Å². The molecule has 2 atom stereocenters. The van der Waals surface area contributed by atoms with Crippen molar-refractivity contribution in [1.82, 2.24) is 15.3 Å². The Morgan fingerprint density at radius 1 is 1.05 bits per heavy atom. The minimum absolute atomic E-state index is 0.0366. The zero-order valence-corrected chi connectivity index (χ0v) is 22.1. The average Bonchev–Trinajstić information content (AvgIpc) is 3.31. The molecule has 6 rings (SSSR count). The van der Waals surface area contributed by atoms with Crippen LogP contribution in [-0.2, 0) is 11.2 Å². The molecule has 2 aromatic carbocycles. The van der Waals surface area contributed by atoms with Crippen LogP contribution in [0.25, 0.3) is 10.9 Å². The van der Waals surface area contributed by atoms with Gasteiger partial charge in [-0.3, -0.25) is 14.9 Å². The van der Waals surface area contributed by atoms with Crippen molar-refractivity contribution < 1.29 is 9.72 Å². The zero-order chi connectivity index (χ0) is 27.1. The highest BCUT2D eigenvalue weighted by atomic mass is 16.6. The highest BCUT2D eigenvalue weighted by molar-refractivity contribution is 5.96. The minimum atomic E-state index is -0.361. The number of nitrogens with one attached hydrogen (secondary N) is 2. The molecule has 1 aromatic heterocycles.